The Kier molecular flexibility index (Phi) is 4.88. The summed E-state index contributed by atoms with van der Waals surface area (Å²) in [5.74, 6) is -0.986. The molecule has 0 saturated heterocycles. The number of carbonyl (C=O) groups is 1. The summed E-state index contributed by atoms with van der Waals surface area (Å²) in [6.07, 6.45) is 3.06. The largest absolute Gasteiger partial charge is 0.394 e. The number of hydrogen-bond donors (Lipinski definition) is 2. The zero-order valence-electron chi connectivity index (χ0n) is 11.3. The summed E-state index contributed by atoms with van der Waals surface area (Å²) >= 11 is 5.61. The van der Waals surface area contributed by atoms with Crippen LogP contribution < -0.4 is 5.32 Å². The van der Waals surface area contributed by atoms with Gasteiger partial charge in [0.1, 0.15) is 5.82 Å². The number of rotatable bonds is 4. The molecule has 0 fully saturated rings. The van der Waals surface area contributed by atoms with Crippen LogP contribution in [-0.2, 0) is 0 Å². The van der Waals surface area contributed by atoms with Crippen LogP contribution in [0.3, 0.4) is 0 Å². The van der Waals surface area contributed by atoms with E-state index in [0.29, 0.717) is 11.1 Å². The summed E-state index contributed by atoms with van der Waals surface area (Å²) < 4.78 is 13.5. The molecular formula is C15H14ClFN2O2. The molecule has 1 aromatic heterocycles. The summed E-state index contributed by atoms with van der Waals surface area (Å²) in [5.41, 5.74) is 1.66. The highest BCUT2D eigenvalue weighted by molar-refractivity contribution is 6.30. The standard InChI is InChI=1S/C15H14ClFN2O2/c1-9-4-11(7-18-6-9)15(21)19-14(8-20)10-2-3-12(16)13(17)5-10/h2-7,14,20H,8H2,1H3,(H,19,21)/t14-/m1/s1. The van der Waals surface area contributed by atoms with E-state index in [9.17, 15) is 14.3 Å². The smallest absolute Gasteiger partial charge is 0.253 e. The Morgan fingerprint density at radius 2 is 2.19 bits per heavy atom. The molecule has 0 saturated carbocycles. The van der Waals surface area contributed by atoms with Gasteiger partial charge < -0.3 is 10.4 Å². The maximum absolute atomic E-state index is 13.5. The number of hydrogen-bond acceptors (Lipinski definition) is 3. The van der Waals surface area contributed by atoms with Gasteiger partial charge in [0.2, 0.25) is 0 Å². The van der Waals surface area contributed by atoms with Gasteiger partial charge in [0, 0.05) is 12.4 Å². The second-order valence-corrected chi connectivity index (χ2v) is 5.04. The summed E-state index contributed by atoms with van der Waals surface area (Å²) in [6, 6.07) is 5.10. The average Bonchev–Trinajstić information content (AvgIpc) is 2.47. The minimum absolute atomic E-state index is 0.00958. The van der Waals surface area contributed by atoms with Crippen molar-refractivity contribution in [3.63, 3.8) is 0 Å². The number of halogens is 2. The molecule has 110 valence electrons. The molecule has 2 aromatic rings. The fraction of sp³-hybridized carbons (Fsp3) is 0.200. The zero-order valence-corrected chi connectivity index (χ0v) is 12.1. The Bertz CT molecular complexity index is 664. The highest BCUT2D eigenvalue weighted by Crippen LogP contribution is 2.20. The number of nitrogens with one attached hydrogen (secondary N) is 1. The quantitative estimate of drug-likeness (QED) is 0.913. The predicted molar refractivity (Wildman–Crippen MR) is 77.7 cm³/mol. The second kappa shape index (κ2) is 6.65. The van der Waals surface area contributed by atoms with Crippen molar-refractivity contribution >= 4 is 17.5 Å². The lowest BCUT2D eigenvalue weighted by Crippen LogP contribution is -2.31. The highest BCUT2D eigenvalue weighted by atomic mass is 35.5. The van der Waals surface area contributed by atoms with Gasteiger partial charge in [0.05, 0.1) is 23.2 Å². The number of aliphatic hydroxyl groups excluding tert-OH is 1. The number of aryl methyl sites for hydroxylation is 1. The van der Waals surface area contributed by atoms with Crippen LogP contribution in [0, 0.1) is 12.7 Å². The first-order valence-electron chi connectivity index (χ1n) is 6.29. The third kappa shape index (κ3) is 3.77. The molecule has 0 aliphatic carbocycles. The van der Waals surface area contributed by atoms with E-state index in [2.05, 4.69) is 10.3 Å². The number of aromatic nitrogens is 1. The van der Waals surface area contributed by atoms with Crippen LogP contribution in [0.15, 0.2) is 36.7 Å². The Hall–Kier alpha value is -1.98. The van der Waals surface area contributed by atoms with E-state index in [1.807, 2.05) is 6.92 Å². The number of benzene rings is 1. The van der Waals surface area contributed by atoms with Crippen LogP contribution in [0.1, 0.15) is 27.5 Å². The van der Waals surface area contributed by atoms with Crippen molar-refractivity contribution in [2.45, 2.75) is 13.0 Å². The van der Waals surface area contributed by atoms with Gasteiger partial charge >= 0.3 is 0 Å². The van der Waals surface area contributed by atoms with Gasteiger partial charge in [-0.15, -0.1) is 0 Å². The monoisotopic (exact) mass is 308 g/mol. The van der Waals surface area contributed by atoms with E-state index >= 15 is 0 Å². The summed E-state index contributed by atoms with van der Waals surface area (Å²) in [7, 11) is 0. The lowest BCUT2D eigenvalue weighted by molar-refractivity contribution is 0.0915. The van der Waals surface area contributed by atoms with Gasteiger partial charge in [-0.3, -0.25) is 9.78 Å². The van der Waals surface area contributed by atoms with E-state index in [-0.39, 0.29) is 17.5 Å². The molecule has 0 aliphatic heterocycles. The number of aliphatic hydroxyl groups is 1. The Morgan fingerprint density at radius 3 is 2.81 bits per heavy atom. The molecule has 2 rings (SSSR count). The van der Waals surface area contributed by atoms with E-state index in [1.54, 1.807) is 18.3 Å². The number of nitrogens with zero attached hydrogens (tertiary/aromatic N) is 1. The SMILES string of the molecule is Cc1cncc(C(=O)N[C@H](CO)c2ccc(Cl)c(F)c2)c1. The van der Waals surface area contributed by atoms with Crippen molar-refractivity contribution in [3.05, 3.63) is 64.2 Å². The topological polar surface area (TPSA) is 62.2 Å². The molecular weight excluding hydrogens is 295 g/mol. The average molecular weight is 309 g/mol. The van der Waals surface area contributed by atoms with Crippen molar-refractivity contribution in [2.75, 3.05) is 6.61 Å². The molecule has 2 N–H and O–H groups in total. The lowest BCUT2D eigenvalue weighted by atomic mass is 10.1. The third-order valence-corrected chi connectivity index (χ3v) is 3.28. The van der Waals surface area contributed by atoms with Crippen LogP contribution in [0.5, 0.6) is 0 Å². The number of pyridine rings is 1. The van der Waals surface area contributed by atoms with Crippen molar-refractivity contribution in [1.29, 1.82) is 0 Å². The first kappa shape index (κ1) is 15.4. The van der Waals surface area contributed by atoms with Crippen LogP contribution in [0.4, 0.5) is 4.39 Å². The zero-order chi connectivity index (χ0) is 15.4. The van der Waals surface area contributed by atoms with E-state index in [1.165, 1.54) is 18.3 Å². The molecule has 4 nitrogen and oxygen atoms in total. The van der Waals surface area contributed by atoms with Gasteiger partial charge in [0.15, 0.2) is 0 Å². The van der Waals surface area contributed by atoms with E-state index in [4.69, 9.17) is 11.6 Å². The van der Waals surface area contributed by atoms with Crippen molar-refractivity contribution in [2.24, 2.45) is 0 Å². The number of carbonyl (C=O) groups excluding carboxylic acids is 1. The molecule has 1 heterocycles. The van der Waals surface area contributed by atoms with Crippen molar-refractivity contribution in [1.82, 2.24) is 10.3 Å². The van der Waals surface area contributed by atoms with Crippen LogP contribution >= 0.6 is 11.6 Å². The van der Waals surface area contributed by atoms with Crippen LogP contribution in [0.2, 0.25) is 5.02 Å². The van der Waals surface area contributed by atoms with Gasteiger partial charge in [-0.2, -0.15) is 0 Å². The molecule has 0 bridgehead atoms. The fourth-order valence-corrected chi connectivity index (χ4v) is 2.00. The molecule has 1 aromatic carbocycles. The maximum Gasteiger partial charge on any atom is 0.253 e. The van der Waals surface area contributed by atoms with Gasteiger partial charge in [-0.1, -0.05) is 17.7 Å². The number of amides is 1. The molecule has 21 heavy (non-hydrogen) atoms. The van der Waals surface area contributed by atoms with Crippen molar-refractivity contribution < 1.29 is 14.3 Å². The van der Waals surface area contributed by atoms with Gasteiger partial charge in [-0.25, -0.2) is 4.39 Å². The minimum atomic E-state index is -0.718. The minimum Gasteiger partial charge on any atom is -0.394 e. The first-order valence-corrected chi connectivity index (χ1v) is 6.67. The Balaban J connectivity index is 2.18. The molecule has 6 heteroatoms. The second-order valence-electron chi connectivity index (χ2n) is 4.63. The van der Waals surface area contributed by atoms with Crippen LogP contribution in [0.25, 0.3) is 0 Å². The van der Waals surface area contributed by atoms with E-state index < -0.39 is 11.9 Å². The summed E-state index contributed by atoms with van der Waals surface area (Å²) in [6.45, 7) is 1.47. The fourth-order valence-electron chi connectivity index (χ4n) is 1.88. The first-order chi connectivity index (χ1) is 10.0. The molecule has 0 radical (unpaired) electrons. The molecule has 1 atom stereocenters. The Morgan fingerprint density at radius 1 is 1.43 bits per heavy atom. The van der Waals surface area contributed by atoms with E-state index in [0.717, 1.165) is 5.56 Å². The summed E-state index contributed by atoms with van der Waals surface area (Å²) in [5, 5.41) is 12.0. The van der Waals surface area contributed by atoms with Crippen LogP contribution in [-0.4, -0.2) is 22.6 Å². The third-order valence-electron chi connectivity index (χ3n) is 2.97. The molecule has 0 spiro atoms. The highest BCUT2D eigenvalue weighted by Gasteiger charge is 2.16. The Labute approximate surface area is 126 Å². The normalized spacial score (nSPS) is 12.0. The maximum atomic E-state index is 13.5. The summed E-state index contributed by atoms with van der Waals surface area (Å²) in [4.78, 5) is 16.0. The van der Waals surface area contributed by atoms with Crippen molar-refractivity contribution in [3.8, 4) is 0 Å². The molecule has 1 amide bonds. The van der Waals surface area contributed by atoms with Gasteiger partial charge in [-0.05, 0) is 36.2 Å². The lowest BCUT2D eigenvalue weighted by Gasteiger charge is -2.17. The predicted octanol–water partition coefficient (Wildman–Crippen LogP) is 2.65. The molecule has 0 aliphatic rings. The molecule has 0 unspecified atom stereocenters. The van der Waals surface area contributed by atoms with Gasteiger partial charge in [0.25, 0.3) is 5.91 Å².